The van der Waals surface area contributed by atoms with Crippen LogP contribution < -0.4 is 0 Å². The number of aliphatic hydroxyl groups excluding tert-OH is 4. The van der Waals surface area contributed by atoms with Gasteiger partial charge in [-0.15, -0.1) is 0 Å². The molecule has 0 aliphatic carbocycles. The second-order valence-electron chi connectivity index (χ2n) is 5.25. The van der Waals surface area contributed by atoms with Crippen molar-refractivity contribution in [3.63, 3.8) is 0 Å². The summed E-state index contributed by atoms with van der Waals surface area (Å²) in [5.74, 6) is 0. The molecule has 1 heterocycles. The standard InChI is InChI=1S/C14H27O5/c1-2-3-4-5-6-7-8-10-12(16)14(18)13(17)11(9-15)19-10/h11-18H,2-9H2,1H3/t11-,12+,13+,14-/m1/s1. The van der Waals surface area contributed by atoms with E-state index < -0.39 is 24.4 Å². The molecule has 0 saturated carbocycles. The molecule has 5 heteroatoms. The van der Waals surface area contributed by atoms with Gasteiger partial charge in [0, 0.05) is 0 Å². The topological polar surface area (TPSA) is 90.2 Å². The second-order valence-corrected chi connectivity index (χ2v) is 5.25. The van der Waals surface area contributed by atoms with E-state index in [9.17, 15) is 15.3 Å². The normalized spacial score (nSPS) is 32.7. The van der Waals surface area contributed by atoms with Crippen molar-refractivity contribution in [2.75, 3.05) is 6.61 Å². The summed E-state index contributed by atoms with van der Waals surface area (Å²) in [6.45, 7) is 1.80. The molecule has 0 unspecified atom stereocenters. The van der Waals surface area contributed by atoms with Crippen LogP contribution in [0.15, 0.2) is 0 Å². The van der Waals surface area contributed by atoms with E-state index in [1.807, 2.05) is 0 Å². The number of unbranched alkanes of at least 4 members (excludes halogenated alkanes) is 5. The van der Waals surface area contributed by atoms with E-state index in [0.717, 1.165) is 19.3 Å². The Hall–Kier alpha value is -0.200. The molecule has 0 bridgehead atoms. The van der Waals surface area contributed by atoms with Gasteiger partial charge in [-0.05, 0) is 6.42 Å². The zero-order valence-electron chi connectivity index (χ0n) is 11.7. The predicted molar refractivity (Wildman–Crippen MR) is 71.2 cm³/mol. The molecule has 5 nitrogen and oxygen atoms in total. The minimum Gasteiger partial charge on any atom is -0.394 e. The van der Waals surface area contributed by atoms with Gasteiger partial charge in [-0.2, -0.15) is 0 Å². The second kappa shape index (κ2) is 8.87. The Morgan fingerprint density at radius 3 is 2.21 bits per heavy atom. The lowest BCUT2D eigenvalue weighted by Crippen LogP contribution is -2.55. The van der Waals surface area contributed by atoms with Crippen LogP contribution in [0, 0.1) is 6.10 Å². The van der Waals surface area contributed by atoms with Crippen LogP contribution in [-0.4, -0.2) is 51.4 Å². The minimum atomic E-state index is -1.28. The quantitative estimate of drug-likeness (QED) is 0.491. The van der Waals surface area contributed by atoms with E-state index in [0.29, 0.717) is 12.5 Å². The molecule has 0 amide bonds. The van der Waals surface area contributed by atoms with Gasteiger partial charge in [0.05, 0.1) is 6.61 Å². The highest BCUT2D eigenvalue weighted by Gasteiger charge is 2.43. The van der Waals surface area contributed by atoms with E-state index in [-0.39, 0.29) is 6.61 Å². The van der Waals surface area contributed by atoms with Crippen LogP contribution in [0.25, 0.3) is 0 Å². The van der Waals surface area contributed by atoms with Gasteiger partial charge in [-0.1, -0.05) is 45.4 Å². The largest absolute Gasteiger partial charge is 0.394 e. The molecule has 0 spiro atoms. The maximum atomic E-state index is 9.81. The maximum absolute atomic E-state index is 9.81. The molecule has 4 N–H and O–H groups in total. The van der Waals surface area contributed by atoms with Crippen molar-refractivity contribution in [2.24, 2.45) is 0 Å². The SMILES string of the molecule is CCCCCCCC[C]1O[C@H](CO)[C@H](O)[C@H](O)[C@H]1O. The molecule has 0 aromatic carbocycles. The first kappa shape index (κ1) is 16.9. The van der Waals surface area contributed by atoms with Crippen LogP contribution in [0.4, 0.5) is 0 Å². The van der Waals surface area contributed by atoms with Crippen LogP contribution in [0.5, 0.6) is 0 Å². The summed E-state index contributed by atoms with van der Waals surface area (Å²) in [5.41, 5.74) is 0. The summed E-state index contributed by atoms with van der Waals surface area (Å²) < 4.78 is 5.36. The van der Waals surface area contributed by atoms with E-state index in [1.54, 1.807) is 0 Å². The summed E-state index contributed by atoms with van der Waals surface area (Å²) in [5, 5.41) is 38.1. The van der Waals surface area contributed by atoms with Crippen molar-refractivity contribution < 1.29 is 25.2 Å². The molecule has 1 radical (unpaired) electrons. The Kier molecular flexibility index (Phi) is 7.87. The Labute approximate surface area is 115 Å². The summed E-state index contributed by atoms with van der Waals surface area (Å²) in [6, 6.07) is 0. The van der Waals surface area contributed by atoms with Gasteiger partial charge in [0.1, 0.15) is 30.5 Å². The molecule has 1 aliphatic heterocycles. The lowest BCUT2D eigenvalue weighted by atomic mass is 9.92. The Morgan fingerprint density at radius 2 is 1.58 bits per heavy atom. The average molecular weight is 275 g/mol. The number of hydrogen-bond acceptors (Lipinski definition) is 5. The molecule has 1 aliphatic rings. The predicted octanol–water partition coefficient (Wildman–Crippen LogP) is 0.743. The van der Waals surface area contributed by atoms with Crippen molar-refractivity contribution in [3.8, 4) is 0 Å². The van der Waals surface area contributed by atoms with Crippen LogP contribution >= 0.6 is 0 Å². The third-order valence-electron chi connectivity index (χ3n) is 3.64. The first-order valence-electron chi connectivity index (χ1n) is 7.29. The Balaban J connectivity index is 2.28. The fraction of sp³-hybridized carbons (Fsp3) is 0.929. The van der Waals surface area contributed by atoms with Gasteiger partial charge in [-0.3, -0.25) is 0 Å². The lowest BCUT2D eigenvalue weighted by molar-refractivity contribution is -0.192. The summed E-state index contributed by atoms with van der Waals surface area (Å²) in [4.78, 5) is 0. The molecule has 113 valence electrons. The zero-order chi connectivity index (χ0) is 14.3. The zero-order valence-corrected chi connectivity index (χ0v) is 11.7. The van der Waals surface area contributed by atoms with Gasteiger partial charge < -0.3 is 25.2 Å². The fourth-order valence-corrected chi connectivity index (χ4v) is 2.36. The van der Waals surface area contributed by atoms with Crippen LogP contribution in [-0.2, 0) is 4.74 Å². The highest BCUT2D eigenvalue weighted by Crippen LogP contribution is 2.30. The van der Waals surface area contributed by atoms with Crippen LogP contribution in [0.3, 0.4) is 0 Å². The first-order chi connectivity index (χ1) is 9.11. The molecule has 19 heavy (non-hydrogen) atoms. The monoisotopic (exact) mass is 275 g/mol. The van der Waals surface area contributed by atoms with E-state index in [2.05, 4.69) is 6.92 Å². The van der Waals surface area contributed by atoms with Crippen molar-refractivity contribution in [1.29, 1.82) is 0 Å². The van der Waals surface area contributed by atoms with Crippen LogP contribution in [0.2, 0.25) is 0 Å². The molecule has 4 atom stereocenters. The summed E-state index contributed by atoms with van der Waals surface area (Å²) in [7, 11) is 0. The molecule has 1 saturated heterocycles. The van der Waals surface area contributed by atoms with Gasteiger partial charge in [0.25, 0.3) is 0 Å². The van der Waals surface area contributed by atoms with Gasteiger partial charge in [0.2, 0.25) is 0 Å². The van der Waals surface area contributed by atoms with E-state index in [4.69, 9.17) is 9.84 Å². The first-order valence-corrected chi connectivity index (χ1v) is 7.29. The number of ether oxygens (including phenoxy) is 1. The Bertz CT molecular complexity index is 234. The Morgan fingerprint density at radius 1 is 0.947 bits per heavy atom. The number of aliphatic hydroxyl groups is 4. The fourth-order valence-electron chi connectivity index (χ4n) is 2.36. The number of rotatable bonds is 8. The third-order valence-corrected chi connectivity index (χ3v) is 3.64. The number of hydrogen-bond donors (Lipinski definition) is 4. The highest BCUT2D eigenvalue weighted by molar-refractivity contribution is 5.01. The molecular weight excluding hydrogens is 248 g/mol. The van der Waals surface area contributed by atoms with Gasteiger partial charge in [0.15, 0.2) is 0 Å². The third kappa shape index (κ3) is 5.00. The van der Waals surface area contributed by atoms with Crippen molar-refractivity contribution in [2.45, 2.75) is 76.3 Å². The smallest absolute Gasteiger partial charge is 0.129 e. The van der Waals surface area contributed by atoms with Gasteiger partial charge in [-0.25, -0.2) is 0 Å². The maximum Gasteiger partial charge on any atom is 0.129 e. The van der Waals surface area contributed by atoms with Crippen molar-refractivity contribution >= 4 is 0 Å². The summed E-state index contributed by atoms with van der Waals surface area (Å²) >= 11 is 0. The molecule has 1 fully saturated rings. The molecule has 0 aromatic rings. The molecular formula is C14H27O5. The average Bonchev–Trinajstić information content (AvgIpc) is 2.42. The van der Waals surface area contributed by atoms with E-state index in [1.165, 1.54) is 19.3 Å². The van der Waals surface area contributed by atoms with Crippen molar-refractivity contribution in [1.82, 2.24) is 0 Å². The highest BCUT2D eigenvalue weighted by atomic mass is 16.5. The van der Waals surface area contributed by atoms with Crippen molar-refractivity contribution in [3.05, 3.63) is 6.10 Å². The lowest BCUT2D eigenvalue weighted by Gasteiger charge is -2.39. The summed E-state index contributed by atoms with van der Waals surface area (Å²) in [6.07, 6.45) is 3.20. The van der Waals surface area contributed by atoms with E-state index >= 15 is 0 Å². The molecule has 0 aromatic heterocycles. The van der Waals surface area contributed by atoms with Gasteiger partial charge >= 0.3 is 0 Å². The molecule has 1 rings (SSSR count). The van der Waals surface area contributed by atoms with Crippen LogP contribution in [0.1, 0.15) is 51.9 Å². The minimum absolute atomic E-state index is 0.370.